The van der Waals surface area contributed by atoms with Crippen LogP contribution in [0.3, 0.4) is 0 Å². The smallest absolute Gasteiger partial charge is 0.326 e. The average molecular weight is 472 g/mol. The van der Waals surface area contributed by atoms with E-state index in [-0.39, 0.29) is 25.1 Å². The molecule has 1 atom stereocenters. The molecule has 1 heterocycles. The number of amides is 1. The Hall–Kier alpha value is -3.19. The second-order valence-corrected chi connectivity index (χ2v) is 8.28. The number of carbonyl (C=O) groups excluding carboxylic acids is 1. The molecule has 8 heteroatoms. The van der Waals surface area contributed by atoms with E-state index in [4.69, 9.17) is 11.6 Å². The van der Waals surface area contributed by atoms with Crippen LogP contribution in [0.5, 0.6) is 0 Å². The number of carbonyl (C=O) groups is 2. The van der Waals surface area contributed by atoms with Crippen LogP contribution in [-0.4, -0.2) is 32.6 Å². The van der Waals surface area contributed by atoms with Crippen molar-refractivity contribution in [3.8, 4) is 0 Å². The van der Waals surface area contributed by atoms with Crippen LogP contribution < -0.4 is 5.32 Å². The van der Waals surface area contributed by atoms with Gasteiger partial charge in [0.25, 0.3) is 0 Å². The Labute approximate surface area is 197 Å². The first-order chi connectivity index (χ1) is 15.9. The fourth-order valence-corrected chi connectivity index (χ4v) is 3.83. The van der Waals surface area contributed by atoms with Gasteiger partial charge in [-0.3, -0.25) is 4.79 Å². The van der Waals surface area contributed by atoms with Gasteiger partial charge >= 0.3 is 5.97 Å². The van der Waals surface area contributed by atoms with Crippen LogP contribution in [0.1, 0.15) is 42.4 Å². The van der Waals surface area contributed by atoms with E-state index in [1.54, 1.807) is 34.9 Å². The number of halogens is 2. The van der Waals surface area contributed by atoms with Gasteiger partial charge in [0.15, 0.2) is 0 Å². The number of hydrogen-bond acceptors (Lipinski definition) is 3. The van der Waals surface area contributed by atoms with Crippen molar-refractivity contribution >= 4 is 23.5 Å². The molecule has 0 aliphatic rings. The lowest BCUT2D eigenvalue weighted by atomic mass is 10.1. The molecule has 0 radical (unpaired) electrons. The van der Waals surface area contributed by atoms with E-state index in [2.05, 4.69) is 10.3 Å². The third-order valence-electron chi connectivity index (χ3n) is 5.39. The zero-order valence-corrected chi connectivity index (χ0v) is 19.2. The number of nitrogens with one attached hydrogen (secondary N) is 1. The summed E-state index contributed by atoms with van der Waals surface area (Å²) in [4.78, 5) is 28.5. The highest BCUT2D eigenvalue weighted by Crippen LogP contribution is 2.21. The summed E-state index contributed by atoms with van der Waals surface area (Å²) in [6.45, 7) is 2.30. The van der Waals surface area contributed by atoms with E-state index in [9.17, 15) is 19.1 Å². The summed E-state index contributed by atoms with van der Waals surface area (Å²) in [6.07, 6.45) is 2.10. The number of aliphatic carboxylic acids is 1. The molecule has 0 bridgehead atoms. The number of aryl methyl sites for hydroxylation is 1. The number of unbranched alkanes of at least 4 members (excludes halogenated alkanes) is 1. The molecule has 0 aliphatic carbocycles. The lowest BCUT2D eigenvalue weighted by molar-refractivity contribution is -0.141. The third-order valence-corrected chi connectivity index (χ3v) is 5.76. The molecule has 33 heavy (non-hydrogen) atoms. The molecule has 0 aliphatic heterocycles. The molecule has 2 N–H and O–H groups in total. The molecule has 174 valence electrons. The summed E-state index contributed by atoms with van der Waals surface area (Å²) in [5, 5.41) is 12.6. The van der Waals surface area contributed by atoms with Crippen molar-refractivity contribution < 1.29 is 19.1 Å². The molecule has 0 fully saturated rings. The highest BCUT2D eigenvalue weighted by molar-refractivity contribution is 6.31. The molecular formula is C25H27ClFN3O3. The van der Waals surface area contributed by atoms with Crippen molar-refractivity contribution in [3.05, 3.63) is 88.2 Å². The molecule has 2 aromatic carbocycles. The summed E-state index contributed by atoms with van der Waals surface area (Å²) in [7, 11) is 0. The fraction of sp³-hybridized carbons (Fsp3) is 0.320. The molecular weight excluding hydrogens is 445 g/mol. The number of nitrogens with zero attached hydrogens (tertiary/aromatic N) is 2. The summed E-state index contributed by atoms with van der Waals surface area (Å²) >= 11 is 6.30. The van der Waals surface area contributed by atoms with Crippen LogP contribution >= 0.6 is 11.6 Å². The van der Waals surface area contributed by atoms with Crippen LogP contribution in [0.15, 0.2) is 54.6 Å². The topological polar surface area (TPSA) is 84.2 Å². The Bertz CT molecular complexity index is 1100. The summed E-state index contributed by atoms with van der Waals surface area (Å²) < 4.78 is 16.5. The number of imidazole rings is 1. The normalized spacial score (nSPS) is 11.8. The van der Waals surface area contributed by atoms with Crippen molar-refractivity contribution in [1.82, 2.24) is 14.9 Å². The number of carboxylic acid groups (broad SMARTS) is 1. The number of rotatable bonds is 11. The van der Waals surface area contributed by atoms with Gasteiger partial charge in [-0.2, -0.15) is 4.39 Å². The lowest BCUT2D eigenvalue weighted by Crippen LogP contribution is -2.43. The van der Waals surface area contributed by atoms with Crippen molar-refractivity contribution in [1.29, 1.82) is 0 Å². The van der Waals surface area contributed by atoms with E-state index in [1.807, 2.05) is 31.2 Å². The molecule has 0 saturated carbocycles. The Morgan fingerprint density at radius 3 is 2.52 bits per heavy atom. The van der Waals surface area contributed by atoms with Crippen molar-refractivity contribution in [2.24, 2.45) is 0 Å². The summed E-state index contributed by atoms with van der Waals surface area (Å²) in [5.41, 5.74) is 1.67. The Morgan fingerprint density at radius 1 is 1.15 bits per heavy atom. The quantitative estimate of drug-likeness (QED) is 0.433. The molecule has 3 aromatic rings. The second kappa shape index (κ2) is 11.6. The van der Waals surface area contributed by atoms with Gasteiger partial charge in [0.1, 0.15) is 11.9 Å². The molecule has 6 nitrogen and oxygen atoms in total. The maximum absolute atomic E-state index is 14.8. The van der Waals surface area contributed by atoms with Crippen LogP contribution in [0.25, 0.3) is 0 Å². The van der Waals surface area contributed by atoms with E-state index in [1.165, 1.54) is 0 Å². The summed E-state index contributed by atoms with van der Waals surface area (Å²) in [6, 6.07) is 15.1. The monoisotopic (exact) mass is 471 g/mol. The standard InChI is InChI=1S/C25H27ClFN3O3/c1-2-3-13-22-29-24(27)21(30(22)16-18-11-7-8-12-19(18)26)15-23(31)28-20(25(32)33)14-17-9-5-4-6-10-17/h4-12,20H,2-3,13-16H2,1H3,(H,28,31)(H,32,33). The van der Waals surface area contributed by atoms with Crippen LogP contribution in [-0.2, 0) is 35.4 Å². The number of benzene rings is 2. The fourth-order valence-electron chi connectivity index (χ4n) is 3.63. The molecule has 1 unspecified atom stereocenters. The van der Waals surface area contributed by atoms with E-state index >= 15 is 0 Å². The molecule has 1 aromatic heterocycles. The molecule has 1 amide bonds. The lowest BCUT2D eigenvalue weighted by Gasteiger charge is -2.16. The minimum atomic E-state index is -1.15. The van der Waals surface area contributed by atoms with E-state index < -0.39 is 23.9 Å². The van der Waals surface area contributed by atoms with Gasteiger partial charge in [-0.1, -0.05) is 73.5 Å². The minimum Gasteiger partial charge on any atom is -0.480 e. The zero-order chi connectivity index (χ0) is 23.8. The zero-order valence-electron chi connectivity index (χ0n) is 18.4. The van der Waals surface area contributed by atoms with Gasteiger partial charge in [-0.15, -0.1) is 0 Å². The van der Waals surface area contributed by atoms with Crippen LogP contribution in [0.2, 0.25) is 5.02 Å². The SMILES string of the molecule is CCCCc1nc(F)c(CC(=O)NC(Cc2ccccc2)C(=O)O)n1Cc1ccccc1Cl. The summed E-state index contributed by atoms with van der Waals surface area (Å²) in [5.74, 6) is -1.92. The van der Waals surface area contributed by atoms with E-state index in [0.717, 1.165) is 24.0 Å². The Balaban J connectivity index is 1.82. The maximum Gasteiger partial charge on any atom is 0.326 e. The first kappa shape index (κ1) is 24.5. The van der Waals surface area contributed by atoms with Gasteiger partial charge in [0.2, 0.25) is 11.9 Å². The first-order valence-corrected chi connectivity index (χ1v) is 11.3. The predicted molar refractivity (Wildman–Crippen MR) is 125 cm³/mol. The van der Waals surface area contributed by atoms with Crippen molar-refractivity contribution in [3.63, 3.8) is 0 Å². The van der Waals surface area contributed by atoms with Gasteiger partial charge in [0.05, 0.1) is 18.7 Å². The van der Waals surface area contributed by atoms with Gasteiger partial charge in [-0.25, -0.2) is 9.78 Å². The number of aromatic nitrogens is 2. The van der Waals surface area contributed by atoms with E-state index in [0.29, 0.717) is 17.3 Å². The molecule has 0 saturated heterocycles. The van der Waals surface area contributed by atoms with Crippen molar-refractivity contribution in [2.45, 2.75) is 51.6 Å². The molecule has 3 rings (SSSR count). The third kappa shape index (κ3) is 6.65. The minimum absolute atomic E-state index is 0.113. The Kier molecular flexibility index (Phi) is 8.60. The van der Waals surface area contributed by atoms with Crippen molar-refractivity contribution in [2.75, 3.05) is 0 Å². The largest absolute Gasteiger partial charge is 0.480 e. The second-order valence-electron chi connectivity index (χ2n) is 7.87. The van der Waals surface area contributed by atoms with Gasteiger partial charge < -0.3 is 15.0 Å². The first-order valence-electron chi connectivity index (χ1n) is 10.9. The maximum atomic E-state index is 14.8. The average Bonchev–Trinajstić information content (AvgIpc) is 3.08. The number of carboxylic acids is 1. The molecule has 0 spiro atoms. The van der Waals surface area contributed by atoms with Gasteiger partial charge in [0, 0.05) is 17.9 Å². The highest BCUT2D eigenvalue weighted by Gasteiger charge is 2.24. The highest BCUT2D eigenvalue weighted by atomic mass is 35.5. The predicted octanol–water partition coefficient (Wildman–Crippen LogP) is 4.42. The number of hydrogen-bond donors (Lipinski definition) is 2. The van der Waals surface area contributed by atoms with Crippen LogP contribution in [0, 0.1) is 5.95 Å². The Morgan fingerprint density at radius 2 is 1.85 bits per heavy atom. The van der Waals surface area contributed by atoms with Crippen LogP contribution in [0.4, 0.5) is 4.39 Å². The van der Waals surface area contributed by atoms with Gasteiger partial charge in [-0.05, 0) is 23.6 Å².